The lowest BCUT2D eigenvalue weighted by atomic mass is 9.88. The minimum absolute atomic E-state index is 0.159. The van der Waals surface area contributed by atoms with Crippen LogP contribution in [0.15, 0.2) is 53.1 Å². The minimum atomic E-state index is -1.19. The van der Waals surface area contributed by atoms with Gasteiger partial charge < -0.3 is 14.2 Å². The van der Waals surface area contributed by atoms with Crippen molar-refractivity contribution >= 4 is 23.5 Å². The van der Waals surface area contributed by atoms with Crippen LogP contribution in [0.3, 0.4) is 0 Å². The number of halogens is 1. The summed E-state index contributed by atoms with van der Waals surface area (Å²) in [5.74, 6) is 0.430. The summed E-state index contributed by atoms with van der Waals surface area (Å²) < 4.78 is 11.0. The summed E-state index contributed by atoms with van der Waals surface area (Å²) in [5, 5.41) is 4.70. The molecule has 8 nitrogen and oxygen atoms in total. The first-order chi connectivity index (χ1) is 15.9. The van der Waals surface area contributed by atoms with Crippen molar-refractivity contribution in [1.29, 1.82) is 0 Å². The van der Waals surface area contributed by atoms with Crippen LogP contribution >= 0.6 is 11.6 Å². The molecule has 9 heteroatoms. The number of hydrogen-bond acceptors (Lipinski definition) is 7. The van der Waals surface area contributed by atoms with E-state index in [-0.39, 0.29) is 5.91 Å². The molecule has 2 aliphatic heterocycles. The number of rotatable bonds is 4. The van der Waals surface area contributed by atoms with Crippen LogP contribution in [-0.4, -0.2) is 63.6 Å². The fourth-order valence-electron chi connectivity index (χ4n) is 4.32. The predicted octanol–water partition coefficient (Wildman–Crippen LogP) is 3.21. The molecule has 1 atom stereocenters. The summed E-state index contributed by atoms with van der Waals surface area (Å²) in [6.45, 7) is 4.59. The van der Waals surface area contributed by atoms with Crippen LogP contribution in [-0.2, 0) is 22.5 Å². The number of carbonyl (C=O) groups excluding carboxylic acids is 2. The van der Waals surface area contributed by atoms with Crippen LogP contribution in [0.1, 0.15) is 28.7 Å². The largest absolute Gasteiger partial charge is 0.445 e. The normalized spacial score (nSPS) is 20.9. The first kappa shape index (κ1) is 21.6. The summed E-state index contributed by atoms with van der Waals surface area (Å²) in [5.41, 5.74) is 1.02. The summed E-state index contributed by atoms with van der Waals surface area (Å²) >= 11 is 5.93. The van der Waals surface area contributed by atoms with E-state index in [1.165, 1.54) is 0 Å². The number of benzene rings is 2. The third-order valence-electron chi connectivity index (χ3n) is 6.12. The van der Waals surface area contributed by atoms with Gasteiger partial charge in [-0.3, -0.25) is 9.69 Å². The van der Waals surface area contributed by atoms with E-state index in [0.29, 0.717) is 61.4 Å². The van der Waals surface area contributed by atoms with E-state index in [0.717, 1.165) is 11.1 Å². The first-order valence-corrected chi connectivity index (χ1v) is 11.2. The number of hydrogen-bond donors (Lipinski definition) is 0. The Balaban J connectivity index is 1.19. The Hall–Kier alpha value is -3.23. The monoisotopic (exact) mass is 466 g/mol. The highest BCUT2D eigenvalue weighted by atomic mass is 35.5. The molecule has 170 valence electrons. The topological polar surface area (TPSA) is 88.8 Å². The van der Waals surface area contributed by atoms with Crippen LogP contribution in [0.5, 0.6) is 0 Å². The molecule has 33 heavy (non-hydrogen) atoms. The number of carbonyl (C=O) groups is 2. The Bertz CT molecular complexity index is 1190. The first-order valence-electron chi connectivity index (χ1n) is 10.8. The Morgan fingerprint density at radius 2 is 1.82 bits per heavy atom. The van der Waals surface area contributed by atoms with Crippen molar-refractivity contribution in [3.8, 4) is 11.4 Å². The van der Waals surface area contributed by atoms with Crippen molar-refractivity contribution in [2.24, 2.45) is 0 Å². The van der Waals surface area contributed by atoms with Gasteiger partial charge in [-0.15, -0.1) is 0 Å². The Labute approximate surface area is 196 Å². The predicted molar refractivity (Wildman–Crippen MR) is 121 cm³/mol. The molecule has 0 N–H and O–H groups in total. The molecule has 0 radical (unpaired) electrons. The zero-order valence-electron chi connectivity index (χ0n) is 18.2. The lowest BCUT2D eigenvalue weighted by molar-refractivity contribution is -0.153. The molecule has 0 bridgehead atoms. The van der Waals surface area contributed by atoms with E-state index in [4.69, 9.17) is 20.9 Å². The average molecular weight is 467 g/mol. The van der Waals surface area contributed by atoms with Gasteiger partial charge in [0.05, 0.1) is 12.1 Å². The average Bonchev–Trinajstić information content (AvgIpc) is 3.28. The number of cyclic esters (lactones) is 1. The van der Waals surface area contributed by atoms with Crippen molar-refractivity contribution in [2.45, 2.75) is 25.5 Å². The van der Waals surface area contributed by atoms with Gasteiger partial charge in [-0.25, -0.2) is 4.79 Å². The summed E-state index contributed by atoms with van der Waals surface area (Å²) in [4.78, 5) is 34.1. The molecule has 1 unspecified atom stereocenters. The maximum Gasteiger partial charge on any atom is 0.339 e. The number of aromatic nitrogens is 2. The number of fused-ring (bicyclic) bond motifs is 1. The summed E-state index contributed by atoms with van der Waals surface area (Å²) in [6, 6.07) is 14.5. The Morgan fingerprint density at radius 3 is 2.58 bits per heavy atom. The van der Waals surface area contributed by atoms with Gasteiger partial charge in [-0.2, -0.15) is 4.98 Å². The van der Waals surface area contributed by atoms with Gasteiger partial charge in [-0.05, 0) is 42.8 Å². The zero-order chi connectivity index (χ0) is 23.0. The van der Waals surface area contributed by atoms with Crippen LogP contribution in [0.2, 0.25) is 5.02 Å². The second-order valence-electron chi connectivity index (χ2n) is 8.54. The van der Waals surface area contributed by atoms with Crippen molar-refractivity contribution in [3.63, 3.8) is 0 Å². The van der Waals surface area contributed by atoms with Gasteiger partial charge in [0.15, 0.2) is 5.60 Å². The molecule has 2 aromatic carbocycles. The summed E-state index contributed by atoms with van der Waals surface area (Å²) in [6.07, 6.45) is 0.378. The molecule has 3 aromatic rings. The van der Waals surface area contributed by atoms with Crippen molar-refractivity contribution in [3.05, 3.63) is 70.6 Å². The molecule has 0 aliphatic carbocycles. The molecule has 2 aliphatic rings. The molecule has 0 saturated carbocycles. The fraction of sp³-hybridized carbons (Fsp3) is 0.333. The third kappa shape index (κ3) is 4.36. The number of esters is 1. The lowest BCUT2D eigenvalue weighted by Crippen LogP contribution is -2.57. The highest BCUT2D eigenvalue weighted by Gasteiger charge is 2.45. The van der Waals surface area contributed by atoms with E-state index >= 15 is 0 Å². The molecule has 1 aromatic heterocycles. The summed E-state index contributed by atoms with van der Waals surface area (Å²) in [7, 11) is 0. The molecule has 5 rings (SSSR count). The third-order valence-corrected chi connectivity index (χ3v) is 6.38. The second kappa shape index (κ2) is 8.61. The van der Waals surface area contributed by atoms with Crippen LogP contribution in [0.4, 0.5) is 0 Å². The highest BCUT2D eigenvalue weighted by Crippen LogP contribution is 2.30. The van der Waals surface area contributed by atoms with Crippen molar-refractivity contribution in [2.75, 3.05) is 26.2 Å². The molecular weight excluding hydrogens is 444 g/mol. The molecule has 1 saturated heterocycles. The lowest BCUT2D eigenvalue weighted by Gasteiger charge is -2.40. The fourth-order valence-corrected chi connectivity index (χ4v) is 4.45. The van der Waals surface area contributed by atoms with Gasteiger partial charge in [-0.1, -0.05) is 35.0 Å². The number of ether oxygens (including phenoxy) is 1. The minimum Gasteiger partial charge on any atom is -0.445 e. The zero-order valence-corrected chi connectivity index (χ0v) is 18.9. The van der Waals surface area contributed by atoms with Crippen LogP contribution < -0.4 is 0 Å². The quantitative estimate of drug-likeness (QED) is 0.545. The second-order valence-corrected chi connectivity index (χ2v) is 8.98. The van der Waals surface area contributed by atoms with E-state index in [9.17, 15) is 9.59 Å². The molecule has 1 fully saturated rings. The van der Waals surface area contributed by atoms with E-state index in [1.807, 2.05) is 24.3 Å². The number of amides is 1. The van der Waals surface area contributed by atoms with E-state index in [2.05, 4.69) is 15.0 Å². The van der Waals surface area contributed by atoms with Gasteiger partial charge in [0.25, 0.3) is 5.91 Å². The van der Waals surface area contributed by atoms with Gasteiger partial charge >= 0.3 is 5.97 Å². The van der Waals surface area contributed by atoms with Gasteiger partial charge in [0.1, 0.15) is 0 Å². The van der Waals surface area contributed by atoms with E-state index < -0.39 is 11.6 Å². The Kier molecular flexibility index (Phi) is 5.64. The number of piperazine rings is 1. The van der Waals surface area contributed by atoms with Gasteiger partial charge in [0.2, 0.25) is 11.7 Å². The molecule has 0 spiro atoms. The smallest absolute Gasteiger partial charge is 0.339 e. The maximum atomic E-state index is 13.3. The van der Waals surface area contributed by atoms with Crippen LogP contribution in [0.25, 0.3) is 11.4 Å². The Morgan fingerprint density at radius 1 is 1.09 bits per heavy atom. The standard InChI is InChI=1S/C24H23ClN4O4/c1-24(14-17-4-2-3-5-19(17)22(30)32-24)23(31)29-12-10-28(11-13-29)15-20-26-21(27-33-20)16-6-8-18(25)9-7-16/h2-9H,10-15H2,1H3. The van der Waals surface area contributed by atoms with E-state index in [1.54, 1.807) is 36.1 Å². The number of nitrogens with zero attached hydrogens (tertiary/aromatic N) is 4. The molecule has 3 heterocycles. The SMILES string of the molecule is CC1(C(=O)N2CCN(Cc3nc(-c4ccc(Cl)cc4)no3)CC2)Cc2ccccc2C(=O)O1. The molecule has 1 amide bonds. The van der Waals surface area contributed by atoms with Gasteiger partial charge in [0, 0.05) is 43.2 Å². The van der Waals surface area contributed by atoms with Crippen molar-refractivity contribution in [1.82, 2.24) is 19.9 Å². The molecular formula is C24H23ClN4O4. The highest BCUT2D eigenvalue weighted by molar-refractivity contribution is 6.30. The van der Waals surface area contributed by atoms with Crippen LogP contribution in [0, 0.1) is 0 Å². The van der Waals surface area contributed by atoms with Crippen molar-refractivity contribution < 1.29 is 18.8 Å². The maximum absolute atomic E-state index is 13.3.